The zero-order valence-electron chi connectivity index (χ0n) is 5.99. The molecule has 1 rings (SSSR count). The van der Waals surface area contributed by atoms with E-state index in [2.05, 4.69) is 11.6 Å². The number of allylic oxidation sites excluding steroid dienone is 1. The third kappa shape index (κ3) is 1.46. The Kier molecular flexibility index (Phi) is 2.06. The van der Waals surface area contributed by atoms with Crippen LogP contribution in [0.5, 0.6) is 0 Å². The Hall–Kier alpha value is -1.58. The average Bonchev–Trinajstić information content (AvgIpc) is 1.99. The summed E-state index contributed by atoms with van der Waals surface area (Å²) in [7, 11) is 0. The van der Waals surface area contributed by atoms with E-state index in [0.717, 1.165) is 4.73 Å². The third-order valence-electron chi connectivity index (χ3n) is 1.26. The van der Waals surface area contributed by atoms with Crippen molar-refractivity contribution in [2.75, 3.05) is 0 Å². The van der Waals surface area contributed by atoms with Gasteiger partial charge in [0.25, 0.3) is 0 Å². The van der Waals surface area contributed by atoms with Crippen molar-refractivity contribution < 1.29 is 5.21 Å². The fourth-order valence-electron chi connectivity index (χ4n) is 0.727. The molecule has 0 aliphatic rings. The number of hydrogen-bond acceptors (Lipinski definition) is 3. The zero-order chi connectivity index (χ0) is 8.27. The van der Waals surface area contributed by atoms with Crippen LogP contribution in [0.4, 0.5) is 0 Å². The molecule has 4 nitrogen and oxygen atoms in total. The fourth-order valence-corrected chi connectivity index (χ4v) is 0.727. The molecule has 0 aliphatic heterocycles. The predicted octanol–water partition coefficient (Wildman–Crippen LogP) is 0.328. The molecule has 1 aromatic rings. The first kappa shape index (κ1) is 7.53. The second kappa shape index (κ2) is 3.01. The summed E-state index contributed by atoms with van der Waals surface area (Å²) in [4.78, 5) is 3.85. The van der Waals surface area contributed by atoms with Gasteiger partial charge in [0.05, 0.1) is 0 Å². The van der Waals surface area contributed by atoms with E-state index < -0.39 is 0 Å². The summed E-state index contributed by atoms with van der Waals surface area (Å²) in [6, 6.07) is 1.41. The third-order valence-corrected chi connectivity index (χ3v) is 1.26. The molecule has 1 heterocycles. The molecule has 2 N–H and O–H groups in total. The largest absolute Gasteiger partial charge is 0.425 e. The van der Waals surface area contributed by atoms with Crippen LogP contribution in [0.2, 0.25) is 0 Å². The summed E-state index contributed by atoms with van der Waals surface area (Å²) >= 11 is 0. The van der Waals surface area contributed by atoms with Gasteiger partial charge in [-0.25, -0.2) is 4.98 Å². The summed E-state index contributed by atoms with van der Waals surface area (Å²) < 4.78 is 0.738. The monoisotopic (exact) mass is 151 g/mol. The lowest BCUT2D eigenvalue weighted by atomic mass is 10.4. The highest BCUT2D eigenvalue weighted by Gasteiger charge is 1.96. The van der Waals surface area contributed by atoms with Crippen LogP contribution >= 0.6 is 0 Å². The van der Waals surface area contributed by atoms with Crippen molar-refractivity contribution in [3.8, 4) is 0 Å². The maximum atomic E-state index is 9.15. The van der Waals surface area contributed by atoms with Gasteiger partial charge >= 0.3 is 0 Å². The van der Waals surface area contributed by atoms with Gasteiger partial charge in [0.2, 0.25) is 0 Å². The number of nitrogens with one attached hydrogen (secondary N) is 1. The highest BCUT2D eigenvalue weighted by atomic mass is 16.5. The predicted molar refractivity (Wildman–Crippen MR) is 39.2 cm³/mol. The normalized spacial score (nSPS) is 9.45. The SMILES string of the molecule is C=CCc1nccc(=N)n1O. The van der Waals surface area contributed by atoms with Gasteiger partial charge in [0.15, 0.2) is 11.3 Å². The maximum Gasteiger partial charge on any atom is 0.164 e. The number of aromatic nitrogens is 2. The Morgan fingerprint density at radius 1 is 1.82 bits per heavy atom. The summed E-state index contributed by atoms with van der Waals surface area (Å²) in [6.45, 7) is 3.50. The Balaban J connectivity index is 3.16. The fraction of sp³-hybridized carbons (Fsp3) is 0.143. The number of rotatable bonds is 2. The van der Waals surface area contributed by atoms with Gasteiger partial charge in [-0.2, -0.15) is 4.73 Å². The van der Waals surface area contributed by atoms with Gasteiger partial charge < -0.3 is 5.21 Å². The molecule has 0 fully saturated rings. The topological polar surface area (TPSA) is 61.9 Å². The van der Waals surface area contributed by atoms with Crippen LogP contribution in [0.25, 0.3) is 0 Å². The lowest BCUT2D eigenvalue weighted by Crippen LogP contribution is -2.21. The van der Waals surface area contributed by atoms with E-state index in [9.17, 15) is 0 Å². The highest BCUT2D eigenvalue weighted by molar-refractivity contribution is 4.94. The molecule has 1 aromatic heterocycles. The standard InChI is InChI=1S/C7H9N3O/c1-2-3-7-9-5-4-6(8)10(7)11/h2,4-5,8,11H,1,3H2. The Morgan fingerprint density at radius 2 is 2.55 bits per heavy atom. The molecular weight excluding hydrogens is 142 g/mol. The molecule has 0 unspecified atom stereocenters. The van der Waals surface area contributed by atoms with Crippen LogP contribution in [0.3, 0.4) is 0 Å². The molecule has 4 heteroatoms. The highest BCUT2D eigenvalue weighted by Crippen LogP contribution is 1.89. The van der Waals surface area contributed by atoms with Gasteiger partial charge in [-0.05, 0) is 0 Å². The van der Waals surface area contributed by atoms with Gasteiger partial charge in [-0.3, -0.25) is 5.41 Å². The van der Waals surface area contributed by atoms with Crippen LogP contribution in [-0.2, 0) is 6.42 Å². The average molecular weight is 151 g/mol. The molecule has 0 radical (unpaired) electrons. The van der Waals surface area contributed by atoms with E-state index in [0.29, 0.717) is 12.2 Å². The first-order valence-corrected chi connectivity index (χ1v) is 3.17. The molecule has 58 valence electrons. The van der Waals surface area contributed by atoms with Gasteiger partial charge in [-0.1, -0.05) is 6.08 Å². The van der Waals surface area contributed by atoms with Crippen LogP contribution in [0, 0.1) is 5.41 Å². The van der Waals surface area contributed by atoms with Crippen molar-refractivity contribution in [2.45, 2.75) is 6.42 Å². The van der Waals surface area contributed by atoms with Crippen LogP contribution in [0.15, 0.2) is 24.9 Å². The first-order valence-electron chi connectivity index (χ1n) is 3.17. The van der Waals surface area contributed by atoms with E-state index in [1.54, 1.807) is 6.08 Å². The van der Waals surface area contributed by atoms with Crippen LogP contribution in [-0.4, -0.2) is 14.9 Å². The molecule has 0 saturated heterocycles. The van der Waals surface area contributed by atoms with Crippen molar-refractivity contribution >= 4 is 0 Å². The van der Waals surface area contributed by atoms with Crippen LogP contribution < -0.4 is 5.49 Å². The van der Waals surface area contributed by atoms with E-state index in [-0.39, 0.29) is 5.49 Å². The molecule has 0 atom stereocenters. The lowest BCUT2D eigenvalue weighted by Gasteiger charge is -2.01. The van der Waals surface area contributed by atoms with Gasteiger partial charge in [0, 0.05) is 18.7 Å². The quantitative estimate of drug-likeness (QED) is 0.472. The second-order valence-corrected chi connectivity index (χ2v) is 2.05. The molecule has 0 spiro atoms. The van der Waals surface area contributed by atoms with Crippen molar-refractivity contribution in [3.05, 3.63) is 36.2 Å². The minimum Gasteiger partial charge on any atom is -0.425 e. The van der Waals surface area contributed by atoms with E-state index >= 15 is 0 Å². The minimum atomic E-state index is 0.0249. The molecular formula is C7H9N3O. The Labute approximate surface area is 63.9 Å². The minimum absolute atomic E-state index is 0.0249. The van der Waals surface area contributed by atoms with Crippen LogP contribution in [0.1, 0.15) is 5.82 Å². The molecule has 11 heavy (non-hydrogen) atoms. The summed E-state index contributed by atoms with van der Waals surface area (Å²) in [6.07, 6.45) is 3.56. The van der Waals surface area contributed by atoms with Crippen molar-refractivity contribution in [1.82, 2.24) is 9.71 Å². The van der Waals surface area contributed by atoms with Gasteiger partial charge in [-0.15, -0.1) is 6.58 Å². The molecule has 0 bridgehead atoms. The summed E-state index contributed by atoms with van der Waals surface area (Å²) in [5.74, 6) is 0.424. The Morgan fingerprint density at radius 3 is 3.18 bits per heavy atom. The van der Waals surface area contributed by atoms with E-state index in [1.165, 1.54) is 12.3 Å². The van der Waals surface area contributed by atoms with Crippen molar-refractivity contribution in [1.29, 1.82) is 5.41 Å². The zero-order valence-corrected chi connectivity index (χ0v) is 5.99. The van der Waals surface area contributed by atoms with E-state index in [1.807, 2.05) is 0 Å². The molecule has 0 aliphatic carbocycles. The first-order chi connectivity index (χ1) is 5.25. The molecule has 0 saturated carbocycles. The van der Waals surface area contributed by atoms with Crippen molar-refractivity contribution in [3.63, 3.8) is 0 Å². The second-order valence-electron chi connectivity index (χ2n) is 2.05. The number of nitrogens with zero attached hydrogens (tertiary/aromatic N) is 2. The maximum absolute atomic E-state index is 9.15. The van der Waals surface area contributed by atoms with Crippen molar-refractivity contribution in [2.24, 2.45) is 0 Å². The summed E-state index contributed by atoms with van der Waals surface area (Å²) in [5.41, 5.74) is 0.0249. The smallest absolute Gasteiger partial charge is 0.164 e. The lowest BCUT2D eigenvalue weighted by molar-refractivity contribution is 0.157. The Bertz CT molecular complexity index is 316. The number of hydrogen-bond donors (Lipinski definition) is 2. The molecule has 0 aromatic carbocycles. The van der Waals surface area contributed by atoms with Gasteiger partial charge in [0.1, 0.15) is 0 Å². The summed E-state index contributed by atoms with van der Waals surface area (Å²) in [5, 5.41) is 16.3. The molecule has 0 amide bonds. The van der Waals surface area contributed by atoms with E-state index in [4.69, 9.17) is 10.6 Å².